The van der Waals surface area contributed by atoms with E-state index in [1.807, 2.05) is 13.1 Å². The van der Waals surface area contributed by atoms with Gasteiger partial charge in [0, 0.05) is 18.9 Å². The molecule has 0 aromatic carbocycles. The van der Waals surface area contributed by atoms with Gasteiger partial charge in [0.25, 0.3) is 0 Å². The van der Waals surface area contributed by atoms with Gasteiger partial charge < -0.3 is 10.3 Å². The van der Waals surface area contributed by atoms with E-state index in [0.717, 1.165) is 36.6 Å². The van der Waals surface area contributed by atoms with Crippen LogP contribution in [0.2, 0.25) is 0 Å². The molecular formula is C14H23N5. The van der Waals surface area contributed by atoms with Gasteiger partial charge in [0.2, 0.25) is 0 Å². The molecule has 2 rings (SSSR count). The first-order valence-corrected chi connectivity index (χ1v) is 6.94. The summed E-state index contributed by atoms with van der Waals surface area (Å²) >= 11 is 0. The van der Waals surface area contributed by atoms with Gasteiger partial charge in [-0.25, -0.2) is 4.98 Å². The van der Waals surface area contributed by atoms with Crippen LogP contribution < -0.4 is 5.73 Å². The second-order valence-electron chi connectivity index (χ2n) is 4.84. The van der Waals surface area contributed by atoms with Gasteiger partial charge in [0.15, 0.2) is 0 Å². The molecule has 0 saturated carbocycles. The fraction of sp³-hybridized carbons (Fsp3) is 0.571. The van der Waals surface area contributed by atoms with E-state index in [0.29, 0.717) is 12.6 Å². The molecule has 0 saturated heterocycles. The van der Waals surface area contributed by atoms with E-state index in [1.54, 1.807) is 0 Å². The molecule has 0 spiro atoms. The van der Waals surface area contributed by atoms with Crippen LogP contribution >= 0.6 is 0 Å². The van der Waals surface area contributed by atoms with E-state index in [4.69, 9.17) is 5.73 Å². The highest BCUT2D eigenvalue weighted by molar-refractivity contribution is 5.09. The molecule has 0 unspecified atom stereocenters. The third kappa shape index (κ3) is 2.87. The van der Waals surface area contributed by atoms with Crippen LogP contribution in [0.1, 0.15) is 49.9 Å². The minimum absolute atomic E-state index is 0.492. The lowest BCUT2D eigenvalue weighted by atomic mass is 10.2. The largest absolute Gasteiger partial charge is 0.325 e. The minimum Gasteiger partial charge on any atom is -0.325 e. The standard InChI is InChI=1S/C14H23N5/c1-4-13(5-2)19-7-6-12(17-19)10-18-11(3)16-9-14(18)8-15/h6-7,9,13H,4-5,8,10,15H2,1-3H3. The monoisotopic (exact) mass is 261 g/mol. The predicted octanol–water partition coefficient (Wildman–Crippen LogP) is 2.26. The average molecular weight is 261 g/mol. The molecule has 2 heterocycles. The average Bonchev–Trinajstić information content (AvgIpc) is 3.00. The summed E-state index contributed by atoms with van der Waals surface area (Å²) in [4.78, 5) is 4.31. The molecule has 0 aliphatic rings. The summed E-state index contributed by atoms with van der Waals surface area (Å²) in [5.41, 5.74) is 7.84. The number of hydrogen-bond acceptors (Lipinski definition) is 3. The van der Waals surface area contributed by atoms with Gasteiger partial charge in [-0.3, -0.25) is 4.68 Å². The lowest BCUT2D eigenvalue weighted by Gasteiger charge is -2.12. The van der Waals surface area contributed by atoms with Gasteiger partial charge in [-0.05, 0) is 25.8 Å². The maximum Gasteiger partial charge on any atom is 0.106 e. The Balaban J connectivity index is 2.17. The van der Waals surface area contributed by atoms with Crippen molar-refractivity contribution in [1.82, 2.24) is 19.3 Å². The number of hydrogen-bond donors (Lipinski definition) is 1. The molecule has 0 amide bonds. The van der Waals surface area contributed by atoms with E-state index >= 15 is 0 Å². The number of aromatic nitrogens is 4. The molecule has 2 aromatic rings. The molecule has 0 radical (unpaired) electrons. The Bertz CT molecular complexity index is 522. The fourth-order valence-corrected chi connectivity index (χ4v) is 2.38. The van der Waals surface area contributed by atoms with Crippen molar-refractivity contribution in [2.24, 2.45) is 5.73 Å². The maximum absolute atomic E-state index is 5.73. The second-order valence-corrected chi connectivity index (χ2v) is 4.84. The molecule has 0 atom stereocenters. The Labute approximate surface area is 114 Å². The molecule has 5 nitrogen and oxygen atoms in total. The summed E-state index contributed by atoms with van der Waals surface area (Å²) in [7, 11) is 0. The van der Waals surface area contributed by atoms with Crippen LogP contribution in [0.25, 0.3) is 0 Å². The van der Waals surface area contributed by atoms with Crippen LogP contribution in [0, 0.1) is 6.92 Å². The number of nitrogens with two attached hydrogens (primary N) is 1. The molecule has 0 aliphatic heterocycles. The Morgan fingerprint density at radius 1 is 1.32 bits per heavy atom. The van der Waals surface area contributed by atoms with Crippen LogP contribution in [0.3, 0.4) is 0 Å². The van der Waals surface area contributed by atoms with Crippen molar-refractivity contribution < 1.29 is 0 Å². The Morgan fingerprint density at radius 3 is 2.68 bits per heavy atom. The zero-order chi connectivity index (χ0) is 13.8. The van der Waals surface area contributed by atoms with E-state index in [1.165, 1.54) is 0 Å². The summed E-state index contributed by atoms with van der Waals surface area (Å²) < 4.78 is 4.20. The highest BCUT2D eigenvalue weighted by atomic mass is 15.3. The lowest BCUT2D eigenvalue weighted by Crippen LogP contribution is -2.12. The molecule has 19 heavy (non-hydrogen) atoms. The molecular weight excluding hydrogens is 238 g/mol. The van der Waals surface area contributed by atoms with Crippen molar-refractivity contribution in [3.8, 4) is 0 Å². The zero-order valence-electron chi connectivity index (χ0n) is 12.0. The Hall–Kier alpha value is -1.62. The summed E-state index contributed by atoms with van der Waals surface area (Å²) in [6.45, 7) is 7.64. The topological polar surface area (TPSA) is 61.7 Å². The third-order valence-corrected chi connectivity index (χ3v) is 3.65. The van der Waals surface area contributed by atoms with Crippen molar-refractivity contribution in [2.75, 3.05) is 0 Å². The zero-order valence-corrected chi connectivity index (χ0v) is 12.0. The highest BCUT2D eigenvalue weighted by Crippen LogP contribution is 2.15. The number of rotatable bonds is 6. The van der Waals surface area contributed by atoms with Crippen molar-refractivity contribution in [2.45, 2.75) is 52.7 Å². The van der Waals surface area contributed by atoms with Gasteiger partial charge in [0.1, 0.15) is 5.82 Å². The molecule has 2 N–H and O–H groups in total. The lowest BCUT2D eigenvalue weighted by molar-refractivity contribution is 0.424. The molecule has 5 heteroatoms. The number of aryl methyl sites for hydroxylation is 1. The quantitative estimate of drug-likeness (QED) is 0.867. The van der Waals surface area contributed by atoms with Gasteiger partial charge >= 0.3 is 0 Å². The van der Waals surface area contributed by atoms with Gasteiger partial charge in [0.05, 0.1) is 24.0 Å². The summed E-state index contributed by atoms with van der Waals surface area (Å²) in [6, 6.07) is 2.57. The van der Waals surface area contributed by atoms with Crippen molar-refractivity contribution >= 4 is 0 Å². The molecule has 0 bridgehead atoms. The highest BCUT2D eigenvalue weighted by Gasteiger charge is 2.10. The molecule has 2 aromatic heterocycles. The SMILES string of the molecule is CCC(CC)n1ccc(Cn2c(CN)cnc2C)n1. The normalized spacial score (nSPS) is 11.4. The van der Waals surface area contributed by atoms with Gasteiger partial charge in [-0.1, -0.05) is 13.8 Å². The van der Waals surface area contributed by atoms with Crippen molar-refractivity contribution in [3.05, 3.63) is 35.7 Å². The second kappa shape index (κ2) is 6.02. The van der Waals surface area contributed by atoms with E-state index in [9.17, 15) is 0 Å². The smallest absolute Gasteiger partial charge is 0.106 e. The summed E-state index contributed by atoms with van der Waals surface area (Å²) in [5, 5.41) is 4.67. The van der Waals surface area contributed by atoms with Crippen LogP contribution in [0.4, 0.5) is 0 Å². The fourth-order valence-electron chi connectivity index (χ4n) is 2.38. The number of imidazole rings is 1. The first-order valence-electron chi connectivity index (χ1n) is 6.94. The minimum atomic E-state index is 0.492. The van der Waals surface area contributed by atoms with Crippen LogP contribution in [0.15, 0.2) is 18.5 Å². The van der Waals surface area contributed by atoms with Gasteiger partial charge in [-0.2, -0.15) is 5.10 Å². The Kier molecular flexibility index (Phi) is 4.37. The van der Waals surface area contributed by atoms with E-state index < -0.39 is 0 Å². The molecule has 104 valence electrons. The van der Waals surface area contributed by atoms with Crippen LogP contribution in [0.5, 0.6) is 0 Å². The Morgan fingerprint density at radius 2 is 2.05 bits per heavy atom. The maximum atomic E-state index is 5.73. The van der Waals surface area contributed by atoms with Crippen molar-refractivity contribution in [1.29, 1.82) is 0 Å². The summed E-state index contributed by atoms with van der Waals surface area (Å²) in [5.74, 6) is 0.984. The van der Waals surface area contributed by atoms with E-state index in [2.05, 4.69) is 45.4 Å². The predicted molar refractivity (Wildman–Crippen MR) is 75.8 cm³/mol. The van der Waals surface area contributed by atoms with Crippen LogP contribution in [-0.2, 0) is 13.1 Å². The van der Waals surface area contributed by atoms with Crippen LogP contribution in [-0.4, -0.2) is 19.3 Å². The third-order valence-electron chi connectivity index (χ3n) is 3.65. The first-order chi connectivity index (χ1) is 9.19. The van der Waals surface area contributed by atoms with Gasteiger partial charge in [-0.15, -0.1) is 0 Å². The summed E-state index contributed by atoms with van der Waals surface area (Å²) in [6.07, 6.45) is 6.13. The first kappa shape index (κ1) is 13.8. The molecule has 0 aliphatic carbocycles. The number of nitrogens with zero attached hydrogens (tertiary/aromatic N) is 4. The van der Waals surface area contributed by atoms with Crippen molar-refractivity contribution in [3.63, 3.8) is 0 Å². The van der Waals surface area contributed by atoms with E-state index in [-0.39, 0.29) is 0 Å². The molecule has 0 fully saturated rings.